The SMILES string of the molecule is O=C(CN(Cc1ccco1)C(=O)Cc1ccccc1)N1CCCN(c2ccc(-c3ccccc3)nn2)CC1. The van der Waals surface area contributed by atoms with E-state index in [1.807, 2.05) is 83.8 Å². The molecular weight excluding hydrogens is 478 g/mol. The summed E-state index contributed by atoms with van der Waals surface area (Å²) in [4.78, 5) is 32.1. The van der Waals surface area contributed by atoms with Crippen LogP contribution < -0.4 is 4.90 Å². The van der Waals surface area contributed by atoms with Gasteiger partial charge in [0.15, 0.2) is 5.82 Å². The van der Waals surface area contributed by atoms with Crippen LogP contribution in [0.25, 0.3) is 11.3 Å². The van der Waals surface area contributed by atoms with Gasteiger partial charge in [-0.1, -0.05) is 60.7 Å². The highest BCUT2D eigenvalue weighted by molar-refractivity contribution is 5.86. The zero-order chi connectivity index (χ0) is 26.2. The fourth-order valence-corrected chi connectivity index (χ4v) is 4.62. The number of nitrogens with zero attached hydrogens (tertiary/aromatic N) is 5. The van der Waals surface area contributed by atoms with Crippen LogP contribution in [0.3, 0.4) is 0 Å². The lowest BCUT2D eigenvalue weighted by molar-refractivity contribution is -0.140. The molecule has 38 heavy (non-hydrogen) atoms. The quantitative estimate of drug-likeness (QED) is 0.357. The summed E-state index contributed by atoms with van der Waals surface area (Å²) >= 11 is 0. The predicted molar refractivity (Wildman–Crippen MR) is 145 cm³/mol. The van der Waals surface area contributed by atoms with Crippen LogP contribution in [0.4, 0.5) is 5.82 Å². The van der Waals surface area contributed by atoms with Gasteiger partial charge in [0.2, 0.25) is 11.8 Å². The van der Waals surface area contributed by atoms with Gasteiger partial charge in [0.1, 0.15) is 12.3 Å². The normalized spacial score (nSPS) is 13.7. The minimum atomic E-state index is -0.105. The van der Waals surface area contributed by atoms with E-state index in [9.17, 15) is 9.59 Å². The van der Waals surface area contributed by atoms with Crippen molar-refractivity contribution >= 4 is 17.6 Å². The van der Waals surface area contributed by atoms with Crippen molar-refractivity contribution in [3.8, 4) is 11.3 Å². The van der Waals surface area contributed by atoms with Crippen LogP contribution in [0.15, 0.2) is 95.6 Å². The minimum absolute atomic E-state index is 0.0119. The molecule has 1 saturated heterocycles. The largest absolute Gasteiger partial charge is 0.467 e. The van der Waals surface area contributed by atoms with Crippen molar-refractivity contribution in [2.75, 3.05) is 37.6 Å². The van der Waals surface area contributed by atoms with E-state index < -0.39 is 0 Å². The monoisotopic (exact) mass is 509 g/mol. The summed E-state index contributed by atoms with van der Waals surface area (Å²) in [6.45, 7) is 2.90. The van der Waals surface area contributed by atoms with E-state index in [4.69, 9.17) is 4.42 Å². The van der Waals surface area contributed by atoms with E-state index in [0.29, 0.717) is 25.4 Å². The second-order valence-corrected chi connectivity index (χ2v) is 9.36. The molecule has 2 aromatic carbocycles. The van der Waals surface area contributed by atoms with Crippen LogP contribution in [-0.2, 0) is 22.6 Å². The molecule has 0 spiro atoms. The first-order valence-electron chi connectivity index (χ1n) is 12.9. The van der Waals surface area contributed by atoms with Gasteiger partial charge in [-0.15, -0.1) is 10.2 Å². The fraction of sp³-hybridized carbons (Fsp3) is 0.267. The van der Waals surface area contributed by atoms with Gasteiger partial charge >= 0.3 is 0 Å². The van der Waals surface area contributed by atoms with E-state index in [2.05, 4.69) is 15.1 Å². The van der Waals surface area contributed by atoms with Crippen LogP contribution in [0.5, 0.6) is 0 Å². The molecular formula is C30H31N5O3. The summed E-state index contributed by atoms with van der Waals surface area (Å²) in [5.74, 6) is 1.28. The molecule has 3 heterocycles. The van der Waals surface area contributed by atoms with Crippen LogP contribution in [0.2, 0.25) is 0 Å². The van der Waals surface area contributed by atoms with Gasteiger partial charge in [-0.05, 0) is 36.2 Å². The third kappa shape index (κ3) is 6.45. The zero-order valence-corrected chi connectivity index (χ0v) is 21.3. The highest BCUT2D eigenvalue weighted by Gasteiger charge is 2.25. The summed E-state index contributed by atoms with van der Waals surface area (Å²) in [6.07, 6.45) is 2.62. The Hall–Kier alpha value is -4.46. The molecule has 2 aromatic heterocycles. The Morgan fingerprint density at radius 2 is 1.61 bits per heavy atom. The molecule has 8 nitrogen and oxygen atoms in total. The summed E-state index contributed by atoms with van der Waals surface area (Å²) in [7, 11) is 0. The molecule has 0 radical (unpaired) electrons. The maximum atomic E-state index is 13.3. The van der Waals surface area contributed by atoms with Crippen LogP contribution in [-0.4, -0.2) is 64.5 Å². The van der Waals surface area contributed by atoms with Gasteiger partial charge in [0.25, 0.3) is 0 Å². The number of anilines is 1. The van der Waals surface area contributed by atoms with Gasteiger partial charge in [-0.3, -0.25) is 9.59 Å². The molecule has 0 N–H and O–H groups in total. The molecule has 8 heteroatoms. The van der Waals surface area contributed by atoms with Gasteiger partial charge in [-0.2, -0.15) is 0 Å². The molecule has 1 aliphatic heterocycles. The molecule has 0 unspecified atom stereocenters. The molecule has 0 bridgehead atoms. The number of amides is 2. The zero-order valence-electron chi connectivity index (χ0n) is 21.3. The second-order valence-electron chi connectivity index (χ2n) is 9.36. The number of furan rings is 1. The van der Waals surface area contributed by atoms with Crippen molar-refractivity contribution in [2.45, 2.75) is 19.4 Å². The van der Waals surface area contributed by atoms with Gasteiger partial charge in [0.05, 0.1) is 24.9 Å². The summed E-state index contributed by atoms with van der Waals surface area (Å²) in [5, 5.41) is 8.86. The summed E-state index contributed by atoms with van der Waals surface area (Å²) in [5.41, 5.74) is 2.78. The average molecular weight is 510 g/mol. The molecule has 5 rings (SSSR count). The molecule has 4 aromatic rings. The average Bonchev–Trinajstić information content (AvgIpc) is 3.35. The first-order chi connectivity index (χ1) is 18.7. The standard InChI is InChI=1S/C30H31N5O3/c36-29(21-24-9-3-1-4-10-24)35(22-26-13-7-20-38-26)23-30(37)34-17-8-16-33(18-19-34)28-15-14-27(31-32-28)25-11-5-2-6-12-25/h1-7,9-15,20H,8,16-19,21-23H2. The number of aromatic nitrogens is 2. The Balaban J connectivity index is 1.21. The van der Waals surface area contributed by atoms with Crippen molar-refractivity contribution in [1.82, 2.24) is 20.0 Å². The number of carbonyl (C=O) groups excluding carboxylic acids is 2. The van der Waals surface area contributed by atoms with Crippen molar-refractivity contribution in [1.29, 1.82) is 0 Å². The topological polar surface area (TPSA) is 82.8 Å². The third-order valence-corrected chi connectivity index (χ3v) is 6.70. The number of hydrogen-bond donors (Lipinski definition) is 0. The maximum absolute atomic E-state index is 13.3. The number of benzene rings is 2. The first kappa shape index (κ1) is 25.2. The van der Waals surface area contributed by atoms with Crippen LogP contribution >= 0.6 is 0 Å². The summed E-state index contributed by atoms with van der Waals surface area (Å²) < 4.78 is 5.47. The fourth-order valence-electron chi connectivity index (χ4n) is 4.62. The van der Waals surface area contributed by atoms with Crippen molar-refractivity contribution < 1.29 is 14.0 Å². The minimum Gasteiger partial charge on any atom is -0.467 e. The lowest BCUT2D eigenvalue weighted by Crippen LogP contribution is -2.44. The Kier molecular flexibility index (Phi) is 8.08. The van der Waals surface area contributed by atoms with Gasteiger partial charge < -0.3 is 19.1 Å². The van der Waals surface area contributed by atoms with E-state index in [1.165, 1.54) is 0 Å². The summed E-state index contributed by atoms with van der Waals surface area (Å²) in [6, 6.07) is 27.1. The number of hydrogen-bond acceptors (Lipinski definition) is 6. The molecule has 2 amide bonds. The third-order valence-electron chi connectivity index (χ3n) is 6.70. The smallest absolute Gasteiger partial charge is 0.242 e. The Morgan fingerprint density at radius 1 is 0.816 bits per heavy atom. The second kappa shape index (κ2) is 12.2. The molecule has 0 saturated carbocycles. The Labute approximate surface area is 222 Å². The molecule has 0 aliphatic carbocycles. The van der Waals surface area contributed by atoms with Gasteiger partial charge in [0, 0.05) is 31.7 Å². The lowest BCUT2D eigenvalue weighted by atomic mass is 10.1. The van der Waals surface area contributed by atoms with Crippen molar-refractivity contribution in [3.63, 3.8) is 0 Å². The van der Waals surface area contributed by atoms with Crippen LogP contribution in [0, 0.1) is 0 Å². The Bertz CT molecular complexity index is 1310. The molecule has 194 valence electrons. The van der Waals surface area contributed by atoms with E-state index in [0.717, 1.165) is 35.6 Å². The first-order valence-corrected chi connectivity index (χ1v) is 12.9. The predicted octanol–water partition coefficient (Wildman–Crippen LogP) is 4.05. The molecule has 1 aliphatic rings. The molecule has 1 fully saturated rings. The van der Waals surface area contributed by atoms with E-state index >= 15 is 0 Å². The van der Waals surface area contributed by atoms with Gasteiger partial charge in [-0.25, -0.2) is 0 Å². The van der Waals surface area contributed by atoms with Crippen molar-refractivity contribution in [3.05, 3.63) is 103 Å². The van der Waals surface area contributed by atoms with E-state index in [1.54, 1.807) is 17.2 Å². The highest BCUT2D eigenvalue weighted by atomic mass is 16.3. The van der Waals surface area contributed by atoms with E-state index in [-0.39, 0.29) is 31.3 Å². The van der Waals surface area contributed by atoms with Crippen molar-refractivity contribution in [2.24, 2.45) is 0 Å². The maximum Gasteiger partial charge on any atom is 0.242 e. The lowest BCUT2D eigenvalue weighted by Gasteiger charge is -2.27. The molecule has 0 atom stereocenters. The van der Waals surface area contributed by atoms with Crippen LogP contribution in [0.1, 0.15) is 17.7 Å². The number of carbonyl (C=O) groups is 2. The Morgan fingerprint density at radius 3 is 2.32 bits per heavy atom. The number of rotatable bonds is 8. The highest BCUT2D eigenvalue weighted by Crippen LogP contribution is 2.19.